The van der Waals surface area contributed by atoms with Gasteiger partial charge in [0.1, 0.15) is 11.5 Å². The molecule has 0 saturated heterocycles. The van der Waals surface area contributed by atoms with Crippen molar-refractivity contribution in [1.82, 2.24) is 0 Å². The number of fused-ring (bicyclic) bond motifs is 1. The summed E-state index contributed by atoms with van der Waals surface area (Å²) in [7, 11) is 1.52. The summed E-state index contributed by atoms with van der Waals surface area (Å²) in [6.07, 6.45) is 8.64. The SMILES string of the molecule is C=C(/N=C\C(=C/C)C1=C/C(=C/CC)c2cc(C)cc(C(C)Nc3ccccc3C(=O)O)c2O1)OC. The van der Waals surface area contributed by atoms with E-state index in [4.69, 9.17) is 9.47 Å². The largest absolute Gasteiger partial charge is 0.481 e. The average molecular weight is 473 g/mol. The van der Waals surface area contributed by atoms with Crippen LogP contribution in [0.2, 0.25) is 0 Å². The summed E-state index contributed by atoms with van der Waals surface area (Å²) < 4.78 is 11.5. The highest BCUT2D eigenvalue weighted by Crippen LogP contribution is 2.42. The molecule has 0 aliphatic carbocycles. The summed E-state index contributed by atoms with van der Waals surface area (Å²) in [6, 6.07) is 10.9. The fourth-order valence-electron chi connectivity index (χ4n) is 3.92. The number of benzene rings is 2. The summed E-state index contributed by atoms with van der Waals surface area (Å²) in [5.41, 5.74) is 5.65. The van der Waals surface area contributed by atoms with Crippen molar-refractivity contribution in [2.24, 2.45) is 4.99 Å². The number of rotatable bonds is 9. The minimum absolute atomic E-state index is 0.220. The Bertz CT molecular complexity index is 1250. The first-order valence-corrected chi connectivity index (χ1v) is 11.6. The first kappa shape index (κ1) is 25.6. The number of nitrogens with zero attached hydrogens (tertiary/aromatic N) is 1. The molecular formula is C29H32N2O4. The van der Waals surface area contributed by atoms with Crippen LogP contribution in [0.4, 0.5) is 5.69 Å². The molecule has 3 rings (SSSR count). The Morgan fingerprint density at radius 1 is 1.31 bits per heavy atom. The molecule has 0 spiro atoms. The molecule has 1 atom stereocenters. The van der Waals surface area contributed by atoms with E-state index in [0.29, 0.717) is 17.3 Å². The highest BCUT2D eigenvalue weighted by molar-refractivity contribution is 5.94. The topological polar surface area (TPSA) is 80.2 Å². The quantitative estimate of drug-likeness (QED) is 0.301. The molecule has 1 unspecified atom stereocenters. The van der Waals surface area contributed by atoms with Crippen LogP contribution in [0.25, 0.3) is 5.57 Å². The monoisotopic (exact) mass is 472 g/mol. The molecule has 0 amide bonds. The second-order valence-corrected chi connectivity index (χ2v) is 8.23. The Morgan fingerprint density at radius 2 is 2.06 bits per heavy atom. The molecule has 182 valence electrons. The standard InChI is InChI=1S/C29H32N2O4/c1-7-11-22-16-27(21(8-2)17-30-20(5)34-6)35-28-24(14-18(3)15-25(22)28)19(4)31-26-13-10-9-12-23(26)29(32)33/h8-17,19,31H,5,7H2,1-4,6H3,(H,32,33)/b21-8+,22-11-,30-17-. The summed E-state index contributed by atoms with van der Waals surface area (Å²) in [4.78, 5) is 16.0. The van der Waals surface area contributed by atoms with Gasteiger partial charge in [0.05, 0.1) is 18.7 Å². The molecule has 1 aliphatic heterocycles. The van der Waals surface area contributed by atoms with E-state index in [9.17, 15) is 9.90 Å². The number of anilines is 1. The van der Waals surface area contributed by atoms with Crippen LogP contribution in [0.15, 0.2) is 83.4 Å². The first-order chi connectivity index (χ1) is 16.8. The van der Waals surface area contributed by atoms with Crippen molar-refractivity contribution >= 4 is 23.4 Å². The van der Waals surface area contributed by atoms with Crippen LogP contribution in [0.1, 0.15) is 60.3 Å². The van der Waals surface area contributed by atoms with E-state index in [-0.39, 0.29) is 11.6 Å². The number of methoxy groups -OCH3 is 1. The smallest absolute Gasteiger partial charge is 0.337 e. The van der Waals surface area contributed by atoms with Crippen LogP contribution >= 0.6 is 0 Å². The number of carbonyl (C=O) groups is 1. The summed E-state index contributed by atoms with van der Waals surface area (Å²) in [5.74, 6) is 0.724. The van der Waals surface area contributed by atoms with Crippen molar-refractivity contribution in [3.63, 3.8) is 0 Å². The van der Waals surface area contributed by atoms with Crippen LogP contribution in [-0.4, -0.2) is 24.4 Å². The number of carboxylic acid groups (broad SMARTS) is 1. The van der Waals surface area contributed by atoms with Crippen LogP contribution in [-0.2, 0) is 4.74 Å². The molecule has 0 radical (unpaired) electrons. The number of aryl methyl sites for hydroxylation is 1. The minimum atomic E-state index is -0.976. The highest BCUT2D eigenvalue weighted by Gasteiger charge is 2.25. The van der Waals surface area contributed by atoms with Gasteiger partial charge in [-0.25, -0.2) is 9.79 Å². The highest BCUT2D eigenvalue weighted by atomic mass is 16.5. The number of carboxylic acids is 1. The van der Waals surface area contributed by atoms with Gasteiger partial charge in [-0.3, -0.25) is 0 Å². The van der Waals surface area contributed by atoms with Gasteiger partial charge in [-0.1, -0.05) is 37.3 Å². The molecule has 0 aromatic heterocycles. The Morgan fingerprint density at radius 3 is 2.71 bits per heavy atom. The van der Waals surface area contributed by atoms with Crippen LogP contribution in [0, 0.1) is 6.92 Å². The maximum Gasteiger partial charge on any atom is 0.337 e. The lowest BCUT2D eigenvalue weighted by atomic mass is 9.92. The number of aromatic carboxylic acids is 1. The Hall–Kier alpha value is -4.06. The van der Waals surface area contributed by atoms with Gasteiger partial charge in [0, 0.05) is 28.6 Å². The molecule has 6 heteroatoms. The molecule has 2 N–H and O–H groups in total. The van der Waals surface area contributed by atoms with Crippen molar-refractivity contribution in [3.05, 3.63) is 101 Å². The third kappa shape index (κ3) is 5.90. The molecule has 0 fully saturated rings. The van der Waals surface area contributed by atoms with Gasteiger partial charge in [0.15, 0.2) is 0 Å². The predicted octanol–water partition coefficient (Wildman–Crippen LogP) is 7.07. The molecule has 0 saturated carbocycles. The van der Waals surface area contributed by atoms with E-state index < -0.39 is 5.97 Å². The third-order valence-electron chi connectivity index (χ3n) is 5.67. The predicted molar refractivity (Wildman–Crippen MR) is 142 cm³/mol. The Balaban J connectivity index is 2.07. The second kappa shape index (κ2) is 11.4. The number of aliphatic imine (C=N–C) groups is 1. The minimum Gasteiger partial charge on any atom is -0.481 e. The zero-order chi connectivity index (χ0) is 25.5. The molecule has 0 bridgehead atoms. The van der Waals surface area contributed by atoms with E-state index in [2.05, 4.69) is 42.0 Å². The van der Waals surface area contributed by atoms with E-state index in [1.807, 2.05) is 39.0 Å². The zero-order valence-corrected chi connectivity index (χ0v) is 20.9. The van der Waals surface area contributed by atoms with Crippen molar-refractivity contribution in [2.75, 3.05) is 12.4 Å². The molecule has 1 aliphatic rings. The number of hydrogen-bond acceptors (Lipinski definition) is 5. The second-order valence-electron chi connectivity index (χ2n) is 8.23. The van der Waals surface area contributed by atoms with Crippen LogP contribution in [0.3, 0.4) is 0 Å². The van der Waals surface area contributed by atoms with Gasteiger partial charge >= 0.3 is 5.97 Å². The Labute approximate surface area is 207 Å². The first-order valence-electron chi connectivity index (χ1n) is 11.6. The zero-order valence-electron chi connectivity index (χ0n) is 20.9. The van der Waals surface area contributed by atoms with Crippen molar-refractivity contribution < 1.29 is 19.4 Å². The van der Waals surface area contributed by atoms with Gasteiger partial charge in [0.25, 0.3) is 0 Å². The summed E-state index contributed by atoms with van der Waals surface area (Å²) in [5, 5.41) is 13.0. The number of nitrogens with one attached hydrogen (secondary N) is 1. The molecule has 35 heavy (non-hydrogen) atoms. The normalized spacial score (nSPS) is 15.3. The number of hydrogen-bond donors (Lipinski definition) is 2. The third-order valence-corrected chi connectivity index (χ3v) is 5.67. The van der Waals surface area contributed by atoms with Crippen LogP contribution in [0.5, 0.6) is 5.75 Å². The summed E-state index contributed by atoms with van der Waals surface area (Å²) in [6.45, 7) is 11.8. The van der Waals surface area contributed by atoms with Crippen LogP contribution < -0.4 is 10.1 Å². The van der Waals surface area contributed by atoms with Gasteiger partial charge in [0.2, 0.25) is 5.88 Å². The molecular weight excluding hydrogens is 440 g/mol. The van der Waals surface area contributed by atoms with Crippen molar-refractivity contribution in [1.29, 1.82) is 0 Å². The molecule has 2 aromatic rings. The average Bonchev–Trinajstić information content (AvgIpc) is 2.84. The molecule has 6 nitrogen and oxygen atoms in total. The number of ether oxygens (including phenoxy) is 2. The van der Waals surface area contributed by atoms with Gasteiger partial charge in [-0.2, -0.15) is 0 Å². The van der Waals surface area contributed by atoms with E-state index in [0.717, 1.165) is 40.0 Å². The van der Waals surface area contributed by atoms with Gasteiger partial charge in [-0.05, 0) is 69.2 Å². The Kier molecular flexibility index (Phi) is 8.31. The summed E-state index contributed by atoms with van der Waals surface area (Å²) >= 11 is 0. The lowest BCUT2D eigenvalue weighted by molar-refractivity contribution is 0.0698. The van der Waals surface area contributed by atoms with Gasteiger partial charge < -0.3 is 19.9 Å². The molecule has 1 heterocycles. The fourth-order valence-corrected chi connectivity index (χ4v) is 3.92. The lowest BCUT2D eigenvalue weighted by Crippen LogP contribution is -2.15. The van der Waals surface area contributed by atoms with Crippen molar-refractivity contribution in [2.45, 2.75) is 40.2 Å². The van der Waals surface area contributed by atoms with E-state index in [1.54, 1.807) is 24.4 Å². The lowest BCUT2D eigenvalue weighted by Gasteiger charge is -2.27. The number of para-hydroxylation sites is 1. The van der Waals surface area contributed by atoms with E-state index in [1.165, 1.54) is 7.11 Å². The number of allylic oxidation sites excluding steroid dienone is 5. The molecule has 2 aromatic carbocycles. The van der Waals surface area contributed by atoms with Gasteiger partial charge in [-0.15, -0.1) is 0 Å². The maximum absolute atomic E-state index is 11.7. The fraction of sp³-hybridized carbons (Fsp3) is 0.241. The van der Waals surface area contributed by atoms with Crippen molar-refractivity contribution in [3.8, 4) is 5.75 Å². The van der Waals surface area contributed by atoms with E-state index >= 15 is 0 Å². The maximum atomic E-state index is 11.7.